The molecule has 1 aliphatic heterocycles. The third-order valence-electron chi connectivity index (χ3n) is 4.06. The number of ether oxygens (including phenoxy) is 1. The highest BCUT2D eigenvalue weighted by atomic mass is 35.5. The molecule has 0 radical (unpaired) electrons. The van der Waals surface area contributed by atoms with Crippen LogP contribution in [0, 0.1) is 11.6 Å². The Kier molecular flexibility index (Phi) is 5.38. The number of rotatable bonds is 4. The molecule has 0 aliphatic carbocycles. The van der Waals surface area contributed by atoms with Gasteiger partial charge in [-0.25, -0.2) is 8.78 Å². The number of hydrogen-bond donors (Lipinski definition) is 0. The van der Waals surface area contributed by atoms with Crippen LogP contribution in [0.5, 0.6) is 5.75 Å². The molecule has 132 valence electrons. The van der Waals surface area contributed by atoms with Crippen LogP contribution in [0.2, 0.25) is 5.02 Å². The van der Waals surface area contributed by atoms with Gasteiger partial charge in [-0.1, -0.05) is 11.6 Å². The van der Waals surface area contributed by atoms with Crippen molar-refractivity contribution >= 4 is 23.2 Å². The maximum Gasteiger partial charge on any atom is 0.260 e. The minimum atomic E-state index is -0.602. The molecule has 3 rings (SSSR count). The van der Waals surface area contributed by atoms with Gasteiger partial charge in [0.2, 0.25) is 0 Å². The molecular formula is C18H17ClF2N2O2. The van der Waals surface area contributed by atoms with E-state index < -0.39 is 11.6 Å². The molecule has 0 spiro atoms. The summed E-state index contributed by atoms with van der Waals surface area (Å²) in [4.78, 5) is 15.7. The zero-order chi connectivity index (χ0) is 17.8. The van der Waals surface area contributed by atoms with Gasteiger partial charge in [-0.15, -0.1) is 0 Å². The quantitative estimate of drug-likeness (QED) is 0.832. The molecule has 0 atom stereocenters. The predicted octanol–water partition coefficient (Wildman–Crippen LogP) is 3.35. The van der Waals surface area contributed by atoms with Crippen LogP contribution in [0.4, 0.5) is 14.5 Å². The van der Waals surface area contributed by atoms with Crippen LogP contribution < -0.4 is 9.64 Å². The maximum atomic E-state index is 13.8. The van der Waals surface area contributed by atoms with Crippen molar-refractivity contribution in [3.05, 3.63) is 59.1 Å². The van der Waals surface area contributed by atoms with E-state index in [0.29, 0.717) is 42.6 Å². The Morgan fingerprint density at radius 2 is 1.72 bits per heavy atom. The number of piperazine rings is 1. The zero-order valence-corrected chi connectivity index (χ0v) is 14.2. The summed E-state index contributed by atoms with van der Waals surface area (Å²) in [5.41, 5.74) is 0.353. The summed E-state index contributed by atoms with van der Waals surface area (Å²) in [6.07, 6.45) is 0. The second-order valence-electron chi connectivity index (χ2n) is 5.71. The second kappa shape index (κ2) is 7.70. The minimum absolute atomic E-state index is 0.0630. The number of halogens is 3. The van der Waals surface area contributed by atoms with Crippen molar-refractivity contribution in [2.75, 3.05) is 37.7 Å². The van der Waals surface area contributed by atoms with E-state index in [1.807, 2.05) is 0 Å². The summed E-state index contributed by atoms with van der Waals surface area (Å²) in [7, 11) is 0. The van der Waals surface area contributed by atoms with Gasteiger partial charge >= 0.3 is 0 Å². The Balaban J connectivity index is 1.51. The average Bonchev–Trinajstić information content (AvgIpc) is 2.61. The van der Waals surface area contributed by atoms with Crippen LogP contribution in [0.25, 0.3) is 0 Å². The SMILES string of the molecule is O=C(COc1ccc(Cl)cc1)N1CCN(c2ccc(F)cc2F)CC1. The number of carbonyl (C=O) groups excluding carboxylic acids is 1. The summed E-state index contributed by atoms with van der Waals surface area (Å²) >= 11 is 5.80. The Hall–Kier alpha value is -2.34. The molecular weight excluding hydrogens is 350 g/mol. The molecule has 7 heteroatoms. The maximum absolute atomic E-state index is 13.8. The predicted molar refractivity (Wildman–Crippen MR) is 92.1 cm³/mol. The summed E-state index contributed by atoms with van der Waals surface area (Å²) in [5.74, 6) is -0.751. The normalized spacial score (nSPS) is 14.5. The Labute approximate surface area is 149 Å². The van der Waals surface area contributed by atoms with Gasteiger partial charge in [0, 0.05) is 37.3 Å². The first-order valence-electron chi connectivity index (χ1n) is 7.89. The molecule has 0 N–H and O–H groups in total. The molecule has 2 aromatic rings. The van der Waals surface area contributed by atoms with E-state index in [0.717, 1.165) is 6.07 Å². The van der Waals surface area contributed by atoms with E-state index in [4.69, 9.17) is 16.3 Å². The van der Waals surface area contributed by atoms with E-state index in [-0.39, 0.29) is 12.5 Å². The number of benzene rings is 2. The lowest BCUT2D eigenvalue weighted by Gasteiger charge is -2.36. The van der Waals surface area contributed by atoms with Crippen molar-refractivity contribution in [1.29, 1.82) is 0 Å². The lowest BCUT2D eigenvalue weighted by Crippen LogP contribution is -2.50. The molecule has 1 fully saturated rings. The van der Waals surface area contributed by atoms with Crippen LogP contribution in [0.1, 0.15) is 0 Å². The van der Waals surface area contributed by atoms with Crippen LogP contribution in [0.3, 0.4) is 0 Å². The minimum Gasteiger partial charge on any atom is -0.484 e. The van der Waals surface area contributed by atoms with Crippen molar-refractivity contribution in [3.8, 4) is 5.75 Å². The lowest BCUT2D eigenvalue weighted by molar-refractivity contribution is -0.133. The smallest absolute Gasteiger partial charge is 0.260 e. The van der Waals surface area contributed by atoms with Crippen LogP contribution in [-0.4, -0.2) is 43.6 Å². The Morgan fingerprint density at radius 3 is 2.36 bits per heavy atom. The Bertz CT molecular complexity index is 747. The molecule has 4 nitrogen and oxygen atoms in total. The topological polar surface area (TPSA) is 32.8 Å². The first-order chi connectivity index (χ1) is 12.0. The first-order valence-corrected chi connectivity index (χ1v) is 8.27. The standard InChI is InChI=1S/C18H17ClF2N2O2/c19-13-1-4-15(5-2-13)25-12-18(24)23-9-7-22(8-10-23)17-6-3-14(20)11-16(17)21/h1-6,11H,7-10,12H2. The van der Waals surface area contributed by atoms with Gasteiger partial charge in [-0.05, 0) is 36.4 Å². The average molecular weight is 367 g/mol. The number of anilines is 1. The molecule has 1 heterocycles. The summed E-state index contributed by atoms with van der Waals surface area (Å²) in [5, 5.41) is 0.600. The largest absolute Gasteiger partial charge is 0.484 e. The van der Waals surface area contributed by atoms with Gasteiger partial charge in [-0.2, -0.15) is 0 Å². The third kappa shape index (κ3) is 4.39. The zero-order valence-electron chi connectivity index (χ0n) is 13.4. The van der Waals surface area contributed by atoms with Crippen molar-refractivity contribution < 1.29 is 18.3 Å². The lowest BCUT2D eigenvalue weighted by atomic mass is 10.2. The van der Waals surface area contributed by atoms with Crippen molar-refractivity contribution in [2.24, 2.45) is 0 Å². The fourth-order valence-electron chi connectivity index (χ4n) is 2.70. The molecule has 0 unspecified atom stereocenters. The third-order valence-corrected chi connectivity index (χ3v) is 4.31. The number of carbonyl (C=O) groups is 1. The fourth-order valence-corrected chi connectivity index (χ4v) is 2.83. The molecule has 0 aromatic heterocycles. The number of nitrogens with zero attached hydrogens (tertiary/aromatic N) is 2. The van der Waals surface area contributed by atoms with E-state index in [9.17, 15) is 13.6 Å². The molecule has 1 aliphatic rings. The highest BCUT2D eigenvalue weighted by Crippen LogP contribution is 2.21. The van der Waals surface area contributed by atoms with Gasteiger partial charge in [0.15, 0.2) is 6.61 Å². The highest BCUT2D eigenvalue weighted by Gasteiger charge is 2.23. The van der Waals surface area contributed by atoms with Crippen LogP contribution >= 0.6 is 11.6 Å². The fraction of sp³-hybridized carbons (Fsp3) is 0.278. The molecule has 0 bridgehead atoms. The molecule has 0 saturated carbocycles. The highest BCUT2D eigenvalue weighted by molar-refractivity contribution is 6.30. The van der Waals surface area contributed by atoms with E-state index in [1.165, 1.54) is 12.1 Å². The van der Waals surface area contributed by atoms with Gasteiger partial charge in [-0.3, -0.25) is 4.79 Å². The van der Waals surface area contributed by atoms with Crippen LogP contribution in [0.15, 0.2) is 42.5 Å². The van der Waals surface area contributed by atoms with Gasteiger partial charge in [0.25, 0.3) is 5.91 Å². The summed E-state index contributed by atoms with van der Waals surface area (Å²) < 4.78 is 32.3. The monoisotopic (exact) mass is 366 g/mol. The van der Waals surface area contributed by atoms with Crippen molar-refractivity contribution in [1.82, 2.24) is 4.90 Å². The summed E-state index contributed by atoms with van der Waals surface area (Å²) in [6.45, 7) is 1.82. The van der Waals surface area contributed by atoms with Crippen LogP contribution in [-0.2, 0) is 4.79 Å². The number of amides is 1. The first kappa shape index (κ1) is 17.5. The summed E-state index contributed by atoms with van der Waals surface area (Å²) in [6, 6.07) is 10.3. The van der Waals surface area contributed by atoms with Gasteiger partial charge in [0.1, 0.15) is 17.4 Å². The van der Waals surface area contributed by atoms with Crippen molar-refractivity contribution in [3.63, 3.8) is 0 Å². The molecule has 2 aromatic carbocycles. The van der Waals surface area contributed by atoms with Gasteiger partial charge in [0.05, 0.1) is 5.69 Å². The molecule has 1 amide bonds. The molecule has 1 saturated heterocycles. The van der Waals surface area contributed by atoms with E-state index in [1.54, 1.807) is 34.1 Å². The van der Waals surface area contributed by atoms with Gasteiger partial charge < -0.3 is 14.5 Å². The van der Waals surface area contributed by atoms with Crippen molar-refractivity contribution in [2.45, 2.75) is 0 Å². The molecule has 25 heavy (non-hydrogen) atoms. The van der Waals surface area contributed by atoms with E-state index in [2.05, 4.69) is 0 Å². The Morgan fingerprint density at radius 1 is 1.04 bits per heavy atom. The van der Waals surface area contributed by atoms with E-state index >= 15 is 0 Å². The number of hydrogen-bond acceptors (Lipinski definition) is 3. The second-order valence-corrected chi connectivity index (χ2v) is 6.14.